The van der Waals surface area contributed by atoms with Crippen molar-refractivity contribution in [1.82, 2.24) is 4.31 Å². The Balaban J connectivity index is 1.70. The van der Waals surface area contributed by atoms with Crippen LogP contribution in [0.15, 0.2) is 83.8 Å². The number of nitrogens with zero attached hydrogens (tertiary/aromatic N) is 2. The molecule has 0 N–H and O–H groups in total. The van der Waals surface area contributed by atoms with E-state index >= 15 is 0 Å². The first kappa shape index (κ1) is 24.3. The van der Waals surface area contributed by atoms with Crippen LogP contribution in [0.4, 0.5) is 5.69 Å². The fourth-order valence-electron chi connectivity index (χ4n) is 3.95. The van der Waals surface area contributed by atoms with Gasteiger partial charge in [0.25, 0.3) is 5.91 Å². The second-order valence-corrected chi connectivity index (χ2v) is 10.1. The van der Waals surface area contributed by atoms with Crippen LogP contribution < -0.4 is 4.90 Å². The largest absolute Gasteiger partial charge is 0.465 e. The van der Waals surface area contributed by atoms with Crippen molar-refractivity contribution < 1.29 is 27.5 Å². The Hall–Kier alpha value is -3.82. The monoisotopic (exact) mass is 492 g/mol. The quantitative estimate of drug-likeness (QED) is 0.371. The SMILES string of the molecule is COC(=O)c1ccc(N2C(=O)CC(N(Cc3ccccc3)S(=O)(=O)c3ccc(C)cc3)C2=O)cc1. The number of rotatable bonds is 7. The van der Waals surface area contributed by atoms with E-state index in [0.29, 0.717) is 5.56 Å². The van der Waals surface area contributed by atoms with E-state index in [2.05, 4.69) is 4.74 Å². The molecule has 3 aromatic rings. The molecule has 0 aliphatic carbocycles. The minimum absolute atomic E-state index is 0.0418. The molecular formula is C26H24N2O6S. The topological polar surface area (TPSA) is 101 Å². The lowest BCUT2D eigenvalue weighted by Crippen LogP contribution is -2.45. The number of hydrogen-bond acceptors (Lipinski definition) is 6. The number of anilines is 1. The van der Waals surface area contributed by atoms with Gasteiger partial charge in [-0.25, -0.2) is 18.1 Å². The predicted octanol–water partition coefficient (Wildman–Crippen LogP) is 3.30. The van der Waals surface area contributed by atoms with Gasteiger partial charge in [-0.15, -0.1) is 0 Å². The third-order valence-corrected chi connectivity index (χ3v) is 7.69. The molecule has 8 nitrogen and oxygen atoms in total. The first-order chi connectivity index (χ1) is 16.7. The summed E-state index contributed by atoms with van der Waals surface area (Å²) in [6.07, 6.45) is -0.296. The van der Waals surface area contributed by atoms with E-state index in [1.807, 2.05) is 13.0 Å². The lowest BCUT2D eigenvalue weighted by atomic mass is 10.2. The number of esters is 1. The van der Waals surface area contributed by atoms with Gasteiger partial charge in [-0.3, -0.25) is 9.59 Å². The van der Waals surface area contributed by atoms with Gasteiger partial charge in [0.05, 0.1) is 29.7 Å². The van der Waals surface area contributed by atoms with Gasteiger partial charge < -0.3 is 4.74 Å². The summed E-state index contributed by atoms with van der Waals surface area (Å²) in [5.74, 6) is -1.72. The lowest BCUT2D eigenvalue weighted by molar-refractivity contribution is -0.122. The summed E-state index contributed by atoms with van der Waals surface area (Å²) in [7, 11) is -2.86. The molecule has 0 radical (unpaired) electrons. The molecule has 1 saturated heterocycles. The molecule has 0 aromatic heterocycles. The maximum Gasteiger partial charge on any atom is 0.337 e. The number of carbonyl (C=O) groups is 3. The molecule has 3 aromatic carbocycles. The third kappa shape index (κ3) is 4.87. The highest BCUT2D eigenvalue weighted by molar-refractivity contribution is 7.89. The number of aryl methyl sites for hydroxylation is 1. The molecule has 1 unspecified atom stereocenters. The molecule has 0 bridgehead atoms. The summed E-state index contributed by atoms with van der Waals surface area (Å²) in [5.41, 5.74) is 2.10. The molecular weight excluding hydrogens is 468 g/mol. The van der Waals surface area contributed by atoms with Gasteiger partial charge in [0.2, 0.25) is 15.9 Å². The van der Waals surface area contributed by atoms with Gasteiger partial charge in [-0.1, -0.05) is 48.0 Å². The minimum atomic E-state index is -4.11. The van der Waals surface area contributed by atoms with Crippen LogP contribution >= 0.6 is 0 Å². The van der Waals surface area contributed by atoms with Crippen LogP contribution in [-0.4, -0.2) is 43.7 Å². The average molecular weight is 493 g/mol. The second-order valence-electron chi connectivity index (χ2n) is 8.17. The van der Waals surface area contributed by atoms with Crippen LogP contribution in [0.25, 0.3) is 0 Å². The maximum absolute atomic E-state index is 13.7. The van der Waals surface area contributed by atoms with E-state index in [4.69, 9.17) is 0 Å². The Kier molecular flexibility index (Phi) is 6.81. The predicted molar refractivity (Wildman–Crippen MR) is 129 cm³/mol. The van der Waals surface area contributed by atoms with E-state index in [9.17, 15) is 22.8 Å². The summed E-state index contributed by atoms with van der Waals surface area (Å²) >= 11 is 0. The van der Waals surface area contributed by atoms with Gasteiger partial charge in [-0.2, -0.15) is 4.31 Å². The van der Waals surface area contributed by atoms with E-state index in [-0.39, 0.29) is 29.1 Å². The zero-order chi connectivity index (χ0) is 25.2. The van der Waals surface area contributed by atoms with Gasteiger partial charge in [0.15, 0.2) is 0 Å². The third-order valence-electron chi connectivity index (χ3n) is 5.83. The Morgan fingerprint density at radius 2 is 1.60 bits per heavy atom. The zero-order valence-electron chi connectivity index (χ0n) is 19.2. The number of carbonyl (C=O) groups excluding carboxylic acids is 3. The Bertz CT molecular complexity index is 1350. The molecule has 9 heteroatoms. The van der Waals surface area contributed by atoms with E-state index in [1.54, 1.807) is 36.4 Å². The van der Waals surface area contributed by atoms with Gasteiger partial charge in [-0.05, 0) is 48.9 Å². The van der Waals surface area contributed by atoms with Crippen LogP contribution in [-0.2, 0) is 30.9 Å². The Morgan fingerprint density at radius 1 is 0.971 bits per heavy atom. The van der Waals surface area contributed by atoms with Crippen molar-refractivity contribution in [3.8, 4) is 0 Å². The summed E-state index contributed by atoms with van der Waals surface area (Å²) in [4.78, 5) is 39.1. The van der Waals surface area contributed by atoms with Crippen LogP contribution in [0.5, 0.6) is 0 Å². The molecule has 180 valence electrons. The van der Waals surface area contributed by atoms with E-state index < -0.39 is 33.8 Å². The minimum Gasteiger partial charge on any atom is -0.465 e. The molecule has 1 aliphatic rings. The number of hydrogen-bond donors (Lipinski definition) is 0. The van der Waals surface area contributed by atoms with E-state index in [1.165, 1.54) is 43.5 Å². The van der Waals surface area contributed by atoms with Gasteiger partial charge in [0.1, 0.15) is 6.04 Å². The van der Waals surface area contributed by atoms with Crippen LogP contribution in [0.3, 0.4) is 0 Å². The first-order valence-electron chi connectivity index (χ1n) is 10.9. The normalized spacial score (nSPS) is 16.1. The highest BCUT2D eigenvalue weighted by Crippen LogP contribution is 2.31. The summed E-state index contributed by atoms with van der Waals surface area (Å²) in [6, 6.07) is 19.9. The van der Waals surface area contributed by atoms with Crippen molar-refractivity contribution in [1.29, 1.82) is 0 Å². The molecule has 1 fully saturated rings. The molecule has 1 aliphatic heterocycles. The molecule has 4 rings (SSSR count). The molecule has 1 atom stereocenters. The Morgan fingerprint density at radius 3 is 2.20 bits per heavy atom. The van der Waals surface area contributed by atoms with Crippen LogP contribution in [0, 0.1) is 6.92 Å². The lowest BCUT2D eigenvalue weighted by Gasteiger charge is -2.27. The number of ether oxygens (including phenoxy) is 1. The standard InChI is InChI=1S/C26H24N2O6S/c1-18-8-14-22(15-9-18)35(32,33)27(17-19-6-4-3-5-7-19)23-16-24(29)28(25(23)30)21-12-10-20(11-13-21)26(31)34-2/h3-15,23H,16-17H2,1-2H3. The van der Waals surface area contributed by atoms with Crippen molar-refractivity contribution >= 4 is 33.5 Å². The fourth-order valence-corrected chi connectivity index (χ4v) is 5.52. The van der Waals surface area contributed by atoms with Crippen molar-refractivity contribution in [2.75, 3.05) is 12.0 Å². The number of benzene rings is 3. The summed E-state index contributed by atoms with van der Waals surface area (Å²) in [5, 5.41) is 0. The average Bonchev–Trinajstić information content (AvgIpc) is 3.16. The summed E-state index contributed by atoms with van der Waals surface area (Å²) in [6.45, 7) is 1.77. The molecule has 1 heterocycles. The van der Waals surface area contributed by atoms with Crippen molar-refractivity contribution in [3.05, 3.63) is 95.6 Å². The molecule has 0 spiro atoms. The van der Waals surface area contributed by atoms with E-state index in [0.717, 1.165) is 14.8 Å². The molecule has 2 amide bonds. The van der Waals surface area contributed by atoms with Crippen molar-refractivity contribution in [3.63, 3.8) is 0 Å². The van der Waals surface area contributed by atoms with Crippen LogP contribution in [0.2, 0.25) is 0 Å². The van der Waals surface area contributed by atoms with Crippen molar-refractivity contribution in [2.45, 2.75) is 30.8 Å². The second kappa shape index (κ2) is 9.81. The van der Waals surface area contributed by atoms with Crippen LogP contribution in [0.1, 0.15) is 27.9 Å². The number of sulfonamides is 1. The highest BCUT2D eigenvalue weighted by atomic mass is 32.2. The van der Waals surface area contributed by atoms with Gasteiger partial charge in [0, 0.05) is 6.54 Å². The van der Waals surface area contributed by atoms with Crippen molar-refractivity contribution in [2.24, 2.45) is 0 Å². The maximum atomic E-state index is 13.7. The zero-order valence-corrected chi connectivity index (χ0v) is 20.1. The fraction of sp³-hybridized carbons (Fsp3) is 0.192. The highest BCUT2D eigenvalue weighted by Gasteiger charge is 2.47. The Labute approximate surface area is 203 Å². The first-order valence-corrected chi connectivity index (χ1v) is 12.3. The number of amides is 2. The van der Waals surface area contributed by atoms with Gasteiger partial charge >= 0.3 is 5.97 Å². The molecule has 0 saturated carbocycles. The number of methoxy groups -OCH3 is 1. The summed E-state index contributed by atoms with van der Waals surface area (Å²) < 4.78 is 33.1. The smallest absolute Gasteiger partial charge is 0.337 e. The molecule has 35 heavy (non-hydrogen) atoms. The number of imide groups is 1.